The lowest BCUT2D eigenvalue weighted by molar-refractivity contribution is 0.464. The Morgan fingerprint density at radius 1 is 1.32 bits per heavy atom. The summed E-state index contributed by atoms with van der Waals surface area (Å²) in [7, 11) is 3.89. The molecule has 0 atom stereocenters. The Hall–Kier alpha value is -2.30. The summed E-state index contributed by atoms with van der Waals surface area (Å²) in [6.07, 6.45) is 6.29. The van der Waals surface area contributed by atoms with E-state index in [9.17, 15) is 0 Å². The summed E-state index contributed by atoms with van der Waals surface area (Å²) < 4.78 is 1.89. The molecule has 0 spiro atoms. The number of aliphatic imine (C=N–C) groups is 1. The van der Waals surface area contributed by atoms with Gasteiger partial charge in [-0.05, 0) is 18.6 Å². The Morgan fingerprint density at radius 3 is 2.77 bits per heavy atom. The number of hydrogen-bond acceptors (Lipinski definition) is 2. The number of aromatic nitrogens is 2. The van der Waals surface area contributed by atoms with Crippen LogP contribution < -0.4 is 5.32 Å². The summed E-state index contributed by atoms with van der Waals surface area (Å²) in [5.74, 6) is 0.918. The van der Waals surface area contributed by atoms with Crippen LogP contribution in [0.25, 0.3) is 5.69 Å². The smallest absolute Gasteiger partial charge is 0.193 e. The average Bonchev–Trinajstić information content (AvgIpc) is 3.03. The molecule has 1 heterocycles. The fourth-order valence-corrected chi connectivity index (χ4v) is 2.24. The maximum atomic E-state index is 4.41. The molecule has 0 saturated carbocycles. The molecule has 0 saturated heterocycles. The van der Waals surface area contributed by atoms with Gasteiger partial charge < -0.3 is 10.2 Å². The molecule has 0 radical (unpaired) electrons. The van der Waals surface area contributed by atoms with Crippen molar-refractivity contribution in [2.45, 2.75) is 26.3 Å². The third-order valence-corrected chi connectivity index (χ3v) is 3.53. The molecule has 0 aliphatic heterocycles. The minimum Gasteiger partial charge on any atom is -0.352 e. The first-order valence-corrected chi connectivity index (χ1v) is 7.75. The van der Waals surface area contributed by atoms with Gasteiger partial charge in [0.1, 0.15) is 0 Å². The number of guanidine groups is 1. The molecule has 2 aromatic rings. The maximum absolute atomic E-state index is 4.41. The summed E-state index contributed by atoms with van der Waals surface area (Å²) in [5, 5.41) is 7.79. The van der Waals surface area contributed by atoms with Crippen molar-refractivity contribution in [2.75, 3.05) is 20.6 Å². The molecule has 1 N–H and O–H groups in total. The maximum Gasteiger partial charge on any atom is 0.193 e. The second kappa shape index (κ2) is 8.22. The van der Waals surface area contributed by atoms with Crippen molar-refractivity contribution < 1.29 is 0 Å². The lowest BCUT2D eigenvalue weighted by Gasteiger charge is -2.21. The summed E-state index contributed by atoms with van der Waals surface area (Å²) >= 11 is 0. The average molecular weight is 299 g/mol. The first-order chi connectivity index (χ1) is 10.7. The fourth-order valence-electron chi connectivity index (χ4n) is 2.24. The normalized spacial score (nSPS) is 11.5. The molecule has 2 rings (SSSR count). The second-order valence-corrected chi connectivity index (χ2v) is 5.30. The SMILES string of the molecule is CCCCN(C)C(=NC)NCc1cnn(-c2ccccc2)c1. The van der Waals surface area contributed by atoms with Gasteiger partial charge in [0.15, 0.2) is 5.96 Å². The van der Waals surface area contributed by atoms with Gasteiger partial charge in [0.25, 0.3) is 0 Å². The molecule has 0 unspecified atom stereocenters. The predicted octanol–water partition coefficient (Wildman–Crippen LogP) is 2.68. The lowest BCUT2D eigenvalue weighted by atomic mass is 10.3. The van der Waals surface area contributed by atoms with E-state index in [1.165, 1.54) is 12.8 Å². The first kappa shape index (κ1) is 16.1. The highest BCUT2D eigenvalue weighted by molar-refractivity contribution is 5.79. The van der Waals surface area contributed by atoms with Gasteiger partial charge in [-0.2, -0.15) is 5.10 Å². The minimum atomic E-state index is 0.718. The van der Waals surface area contributed by atoms with Gasteiger partial charge in [-0.25, -0.2) is 4.68 Å². The molecule has 1 aromatic carbocycles. The van der Waals surface area contributed by atoms with Crippen LogP contribution in [0.4, 0.5) is 0 Å². The van der Waals surface area contributed by atoms with Crippen molar-refractivity contribution in [2.24, 2.45) is 4.99 Å². The van der Waals surface area contributed by atoms with Gasteiger partial charge in [0.2, 0.25) is 0 Å². The van der Waals surface area contributed by atoms with Gasteiger partial charge in [-0.3, -0.25) is 4.99 Å². The second-order valence-electron chi connectivity index (χ2n) is 5.30. The molecule has 0 fully saturated rings. The van der Waals surface area contributed by atoms with E-state index in [-0.39, 0.29) is 0 Å². The van der Waals surface area contributed by atoms with Crippen LogP contribution in [0.5, 0.6) is 0 Å². The van der Waals surface area contributed by atoms with E-state index in [0.717, 1.165) is 30.3 Å². The van der Waals surface area contributed by atoms with E-state index < -0.39 is 0 Å². The summed E-state index contributed by atoms with van der Waals surface area (Å²) in [4.78, 5) is 6.48. The van der Waals surface area contributed by atoms with Gasteiger partial charge in [0, 0.05) is 38.9 Å². The van der Waals surface area contributed by atoms with Crippen molar-refractivity contribution in [1.29, 1.82) is 0 Å². The van der Waals surface area contributed by atoms with E-state index in [2.05, 4.69) is 34.3 Å². The third kappa shape index (κ3) is 4.35. The monoisotopic (exact) mass is 299 g/mol. The van der Waals surface area contributed by atoms with Crippen LogP contribution in [0.3, 0.4) is 0 Å². The number of nitrogens with one attached hydrogen (secondary N) is 1. The van der Waals surface area contributed by atoms with Crippen LogP contribution in [-0.2, 0) is 6.54 Å². The molecule has 0 aliphatic carbocycles. The number of para-hydroxylation sites is 1. The molecule has 5 heteroatoms. The zero-order chi connectivity index (χ0) is 15.8. The van der Waals surface area contributed by atoms with Crippen LogP contribution in [0.1, 0.15) is 25.3 Å². The van der Waals surface area contributed by atoms with E-state index in [1.54, 1.807) is 0 Å². The van der Waals surface area contributed by atoms with Crippen molar-refractivity contribution in [1.82, 2.24) is 20.0 Å². The molecular formula is C17H25N5. The van der Waals surface area contributed by atoms with Crippen LogP contribution in [0.2, 0.25) is 0 Å². The molecule has 0 bridgehead atoms. The molecular weight excluding hydrogens is 274 g/mol. The number of benzene rings is 1. The zero-order valence-electron chi connectivity index (χ0n) is 13.7. The number of rotatable bonds is 6. The first-order valence-electron chi connectivity index (χ1n) is 7.75. The van der Waals surface area contributed by atoms with Crippen LogP contribution in [0.15, 0.2) is 47.7 Å². The molecule has 22 heavy (non-hydrogen) atoms. The molecule has 1 aromatic heterocycles. The Labute approximate surface area is 132 Å². The summed E-state index contributed by atoms with van der Waals surface area (Å²) in [6.45, 7) is 3.93. The molecule has 118 valence electrons. The van der Waals surface area contributed by atoms with Gasteiger partial charge in [0.05, 0.1) is 11.9 Å². The van der Waals surface area contributed by atoms with Gasteiger partial charge in [-0.15, -0.1) is 0 Å². The van der Waals surface area contributed by atoms with E-state index in [1.807, 2.05) is 54.5 Å². The fraction of sp³-hybridized carbons (Fsp3) is 0.412. The third-order valence-electron chi connectivity index (χ3n) is 3.53. The lowest BCUT2D eigenvalue weighted by Crippen LogP contribution is -2.38. The largest absolute Gasteiger partial charge is 0.352 e. The number of unbranched alkanes of at least 4 members (excludes halogenated alkanes) is 1. The Bertz CT molecular complexity index is 588. The van der Waals surface area contributed by atoms with Crippen molar-refractivity contribution in [3.8, 4) is 5.69 Å². The molecule has 5 nitrogen and oxygen atoms in total. The standard InChI is InChI=1S/C17H25N5/c1-4-5-11-21(3)17(18-2)19-12-15-13-20-22(14-15)16-9-7-6-8-10-16/h6-10,13-14H,4-5,11-12H2,1-3H3,(H,18,19). The van der Waals surface area contributed by atoms with E-state index in [0.29, 0.717) is 0 Å². The van der Waals surface area contributed by atoms with Gasteiger partial charge in [-0.1, -0.05) is 31.5 Å². The van der Waals surface area contributed by atoms with E-state index >= 15 is 0 Å². The van der Waals surface area contributed by atoms with Crippen molar-refractivity contribution in [3.63, 3.8) is 0 Å². The van der Waals surface area contributed by atoms with Crippen LogP contribution in [-0.4, -0.2) is 41.3 Å². The minimum absolute atomic E-state index is 0.718. The number of nitrogens with zero attached hydrogens (tertiary/aromatic N) is 4. The highest BCUT2D eigenvalue weighted by Gasteiger charge is 2.06. The Morgan fingerprint density at radius 2 is 2.09 bits per heavy atom. The van der Waals surface area contributed by atoms with Gasteiger partial charge >= 0.3 is 0 Å². The summed E-state index contributed by atoms with van der Waals surface area (Å²) in [6, 6.07) is 10.1. The number of hydrogen-bond donors (Lipinski definition) is 1. The summed E-state index contributed by atoms with van der Waals surface area (Å²) in [5.41, 5.74) is 2.20. The predicted molar refractivity (Wildman–Crippen MR) is 91.3 cm³/mol. The van der Waals surface area contributed by atoms with Crippen LogP contribution >= 0.6 is 0 Å². The van der Waals surface area contributed by atoms with Crippen LogP contribution in [0, 0.1) is 0 Å². The molecule has 0 aliphatic rings. The topological polar surface area (TPSA) is 45.4 Å². The zero-order valence-corrected chi connectivity index (χ0v) is 13.7. The molecule has 0 amide bonds. The Balaban J connectivity index is 1.93. The quantitative estimate of drug-likeness (QED) is 0.659. The van der Waals surface area contributed by atoms with E-state index in [4.69, 9.17) is 0 Å². The highest BCUT2D eigenvalue weighted by atomic mass is 15.3. The highest BCUT2D eigenvalue weighted by Crippen LogP contribution is 2.07. The van der Waals surface area contributed by atoms with Crippen molar-refractivity contribution in [3.05, 3.63) is 48.3 Å². The van der Waals surface area contributed by atoms with Crippen molar-refractivity contribution >= 4 is 5.96 Å². The Kier molecular flexibility index (Phi) is 6.01.